The molecule has 1 aliphatic rings. The number of carbonyl (C=O) groups is 2. The first-order valence-electron chi connectivity index (χ1n) is 10.9. The van der Waals surface area contributed by atoms with Gasteiger partial charge in [0.1, 0.15) is 12.3 Å². The Morgan fingerprint density at radius 2 is 1.80 bits per heavy atom. The third kappa shape index (κ3) is 5.94. The van der Waals surface area contributed by atoms with Crippen molar-refractivity contribution in [1.82, 2.24) is 10.1 Å². The molecule has 1 N–H and O–H groups in total. The maximum absolute atomic E-state index is 13.3. The summed E-state index contributed by atoms with van der Waals surface area (Å²) in [5, 5.41) is 6.53. The number of rotatable bonds is 6. The SMILES string of the molecule is Cc1cc(NC(=O)CN(CC2CCCCC2)C(=O)c2ccc(C(C)(C)C)cc2)no1. The average Bonchev–Trinajstić information content (AvgIpc) is 3.11. The zero-order valence-corrected chi connectivity index (χ0v) is 18.5. The van der Waals surface area contributed by atoms with Gasteiger partial charge in [-0.25, -0.2) is 0 Å². The molecular weight excluding hydrogens is 378 g/mol. The summed E-state index contributed by atoms with van der Waals surface area (Å²) in [4.78, 5) is 27.6. The van der Waals surface area contributed by atoms with E-state index in [2.05, 4.69) is 31.2 Å². The van der Waals surface area contributed by atoms with Crippen molar-refractivity contribution in [2.45, 2.75) is 65.2 Å². The lowest BCUT2D eigenvalue weighted by atomic mass is 9.86. The number of hydrogen-bond acceptors (Lipinski definition) is 4. The molecule has 30 heavy (non-hydrogen) atoms. The lowest BCUT2D eigenvalue weighted by Gasteiger charge is -2.29. The molecule has 0 atom stereocenters. The van der Waals surface area contributed by atoms with Gasteiger partial charge >= 0.3 is 0 Å². The quantitative estimate of drug-likeness (QED) is 0.730. The monoisotopic (exact) mass is 411 g/mol. The summed E-state index contributed by atoms with van der Waals surface area (Å²) in [6.45, 7) is 8.82. The maximum Gasteiger partial charge on any atom is 0.254 e. The molecule has 1 fully saturated rings. The van der Waals surface area contributed by atoms with Crippen LogP contribution in [-0.4, -0.2) is 35.0 Å². The molecule has 1 aromatic carbocycles. The van der Waals surface area contributed by atoms with E-state index in [0.29, 0.717) is 29.6 Å². The van der Waals surface area contributed by atoms with Crippen molar-refractivity contribution in [2.75, 3.05) is 18.4 Å². The van der Waals surface area contributed by atoms with Gasteiger partial charge in [-0.1, -0.05) is 57.3 Å². The molecule has 0 saturated heterocycles. The minimum atomic E-state index is -0.265. The lowest BCUT2D eigenvalue weighted by Crippen LogP contribution is -2.41. The van der Waals surface area contributed by atoms with Gasteiger partial charge in [0.25, 0.3) is 5.91 Å². The van der Waals surface area contributed by atoms with Crippen molar-refractivity contribution in [3.05, 3.63) is 47.2 Å². The Balaban J connectivity index is 1.73. The summed E-state index contributed by atoms with van der Waals surface area (Å²) in [6.07, 6.45) is 5.85. The molecule has 1 aromatic heterocycles. The normalized spacial score (nSPS) is 15.1. The van der Waals surface area contributed by atoms with Crippen molar-refractivity contribution in [2.24, 2.45) is 5.92 Å². The van der Waals surface area contributed by atoms with Gasteiger partial charge in [0, 0.05) is 18.2 Å². The van der Waals surface area contributed by atoms with Gasteiger partial charge in [0.2, 0.25) is 5.91 Å². The number of aryl methyl sites for hydroxylation is 1. The van der Waals surface area contributed by atoms with Crippen molar-refractivity contribution in [3.63, 3.8) is 0 Å². The van der Waals surface area contributed by atoms with Crippen LogP contribution >= 0.6 is 0 Å². The largest absolute Gasteiger partial charge is 0.360 e. The summed E-state index contributed by atoms with van der Waals surface area (Å²) in [5.74, 6) is 1.07. The molecule has 162 valence electrons. The number of nitrogens with one attached hydrogen (secondary N) is 1. The standard InChI is InChI=1S/C24H33N3O3/c1-17-14-21(26-30-17)25-22(28)16-27(15-18-8-6-5-7-9-18)23(29)19-10-12-20(13-11-19)24(2,3)4/h10-14,18H,5-9,15-16H2,1-4H3,(H,25,26,28). The number of hydrogen-bond donors (Lipinski definition) is 1. The third-order valence-corrected chi connectivity index (χ3v) is 5.72. The first-order chi connectivity index (χ1) is 14.2. The molecule has 0 spiro atoms. The van der Waals surface area contributed by atoms with Crippen LogP contribution in [0.3, 0.4) is 0 Å². The number of amides is 2. The first-order valence-corrected chi connectivity index (χ1v) is 10.9. The molecule has 1 aliphatic carbocycles. The molecule has 1 saturated carbocycles. The summed E-state index contributed by atoms with van der Waals surface area (Å²) >= 11 is 0. The number of carbonyl (C=O) groups excluding carboxylic acids is 2. The fourth-order valence-electron chi connectivity index (χ4n) is 3.98. The minimum absolute atomic E-state index is 0.00225. The fourth-order valence-corrected chi connectivity index (χ4v) is 3.98. The Labute approximate surface area is 179 Å². The summed E-state index contributed by atoms with van der Waals surface area (Å²) in [6, 6.07) is 9.41. The fraction of sp³-hybridized carbons (Fsp3) is 0.542. The second-order valence-corrected chi connectivity index (χ2v) is 9.39. The molecule has 0 unspecified atom stereocenters. The number of anilines is 1. The summed E-state index contributed by atoms with van der Waals surface area (Å²) in [7, 11) is 0. The molecule has 2 aromatic rings. The van der Waals surface area contributed by atoms with E-state index in [4.69, 9.17) is 4.52 Å². The Kier molecular flexibility index (Phi) is 6.95. The van der Waals surface area contributed by atoms with Crippen LogP contribution in [-0.2, 0) is 10.2 Å². The molecule has 6 heteroatoms. The number of benzene rings is 1. The zero-order valence-electron chi connectivity index (χ0n) is 18.5. The van der Waals surface area contributed by atoms with Gasteiger partial charge in [-0.2, -0.15) is 0 Å². The Morgan fingerprint density at radius 3 is 2.37 bits per heavy atom. The predicted octanol–water partition coefficient (Wildman–Crippen LogP) is 4.94. The van der Waals surface area contributed by atoms with Crippen molar-refractivity contribution in [3.8, 4) is 0 Å². The lowest BCUT2D eigenvalue weighted by molar-refractivity contribution is -0.117. The van der Waals surface area contributed by atoms with Gasteiger partial charge in [-0.05, 0) is 48.8 Å². The van der Waals surface area contributed by atoms with Crippen molar-refractivity contribution in [1.29, 1.82) is 0 Å². The number of nitrogens with zero attached hydrogens (tertiary/aromatic N) is 2. The highest BCUT2D eigenvalue weighted by Gasteiger charge is 2.25. The van der Waals surface area contributed by atoms with E-state index in [1.807, 2.05) is 24.3 Å². The Morgan fingerprint density at radius 1 is 1.13 bits per heavy atom. The zero-order chi connectivity index (χ0) is 21.7. The van der Waals surface area contributed by atoms with Crippen LogP contribution in [0, 0.1) is 12.8 Å². The van der Waals surface area contributed by atoms with Gasteiger partial charge in [0.05, 0.1) is 0 Å². The van der Waals surface area contributed by atoms with Crippen molar-refractivity contribution < 1.29 is 14.1 Å². The Bertz CT molecular complexity index is 859. The van der Waals surface area contributed by atoms with Crippen LogP contribution in [0.25, 0.3) is 0 Å². The predicted molar refractivity (Wildman–Crippen MR) is 117 cm³/mol. The second-order valence-electron chi connectivity index (χ2n) is 9.39. The van der Waals surface area contributed by atoms with Crippen LogP contribution in [0.1, 0.15) is 74.6 Å². The van der Waals surface area contributed by atoms with Crippen LogP contribution in [0.2, 0.25) is 0 Å². The van der Waals surface area contributed by atoms with Crippen LogP contribution in [0.4, 0.5) is 5.82 Å². The molecule has 3 rings (SSSR count). The van der Waals surface area contributed by atoms with E-state index >= 15 is 0 Å². The minimum Gasteiger partial charge on any atom is -0.360 e. The molecule has 1 heterocycles. The molecule has 2 amide bonds. The Hall–Kier alpha value is -2.63. The van der Waals surface area contributed by atoms with E-state index in [-0.39, 0.29) is 23.8 Å². The third-order valence-electron chi connectivity index (χ3n) is 5.72. The first kappa shape index (κ1) is 22.1. The molecule has 6 nitrogen and oxygen atoms in total. The van der Waals surface area contributed by atoms with Gasteiger partial charge in [-0.3, -0.25) is 9.59 Å². The topological polar surface area (TPSA) is 75.4 Å². The molecule has 0 bridgehead atoms. The average molecular weight is 412 g/mol. The highest BCUT2D eigenvalue weighted by atomic mass is 16.5. The molecular formula is C24H33N3O3. The number of aromatic nitrogens is 1. The van der Waals surface area contributed by atoms with Gasteiger partial charge < -0.3 is 14.7 Å². The highest BCUT2D eigenvalue weighted by Crippen LogP contribution is 2.26. The van der Waals surface area contributed by atoms with Crippen molar-refractivity contribution >= 4 is 17.6 Å². The highest BCUT2D eigenvalue weighted by molar-refractivity contribution is 5.99. The molecule has 0 aliphatic heterocycles. The van der Waals surface area contributed by atoms with E-state index < -0.39 is 0 Å². The van der Waals surface area contributed by atoms with E-state index in [1.54, 1.807) is 17.9 Å². The van der Waals surface area contributed by atoms with Gasteiger partial charge in [0.15, 0.2) is 5.82 Å². The molecule has 0 radical (unpaired) electrons. The summed E-state index contributed by atoms with van der Waals surface area (Å²) in [5.41, 5.74) is 1.82. The smallest absolute Gasteiger partial charge is 0.254 e. The maximum atomic E-state index is 13.3. The van der Waals surface area contributed by atoms with E-state index in [9.17, 15) is 9.59 Å². The van der Waals surface area contributed by atoms with Crippen LogP contribution < -0.4 is 5.32 Å². The van der Waals surface area contributed by atoms with Crippen LogP contribution in [0.15, 0.2) is 34.9 Å². The van der Waals surface area contributed by atoms with E-state index in [1.165, 1.54) is 24.8 Å². The second kappa shape index (κ2) is 9.45. The summed E-state index contributed by atoms with van der Waals surface area (Å²) < 4.78 is 5.00. The van der Waals surface area contributed by atoms with Crippen LogP contribution in [0.5, 0.6) is 0 Å². The van der Waals surface area contributed by atoms with E-state index in [0.717, 1.165) is 12.8 Å². The van der Waals surface area contributed by atoms with Gasteiger partial charge in [-0.15, -0.1) is 0 Å².